The fourth-order valence-corrected chi connectivity index (χ4v) is 1.46. The van der Waals surface area contributed by atoms with Gasteiger partial charge in [0.25, 0.3) is 0 Å². The minimum atomic E-state index is -1.57. The van der Waals surface area contributed by atoms with Crippen molar-refractivity contribution < 1.29 is 38.9 Å². The molecule has 0 atom stereocenters. The molecule has 1 aromatic rings. The van der Waals surface area contributed by atoms with E-state index in [4.69, 9.17) is 5.11 Å². The highest BCUT2D eigenvalue weighted by Gasteiger charge is 2.22. The first-order valence-electron chi connectivity index (χ1n) is 6.33. The minimum Gasteiger partial charge on any atom is -0.545 e. The monoisotopic (exact) mass is 321 g/mol. The van der Waals surface area contributed by atoms with E-state index in [1.54, 1.807) is 0 Å². The van der Waals surface area contributed by atoms with Crippen molar-refractivity contribution in [3.05, 3.63) is 47.0 Å². The first kappa shape index (κ1) is 18.1. The van der Waals surface area contributed by atoms with Gasteiger partial charge in [0.1, 0.15) is 6.61 Å². The molecular weight excluding hydrogens is 308 g/mol. The summed E-state index contributed by atoms with van der Waals surface area (Å²) in [6.07, 6.45) is 0. The van der Waals surface area contributed by atoms with E-state index in [-0.39, 0.29) is 23.3 Å². The molecule has 0 fully saturated rings. The predicted octanol–water partition coefficient (Wildman–Crippen LogP) is -0.541. The Kier molecular flexibility index (Phi) is 6.16. The maximum absolute atomic E-state index is 11.9. The third kappa shape index (κ3) is 4.75. The molecule has 23 heavy (non-hydrogen) atoms. The van der Waals surface area contributed by atoms with Crippen LogP contribution in [0.4, 0.5) is 0 Å². The van der Waals surface area contributed by atoms with Crippen LogP contribution in [0.25, 0.3) is 0 Å². The van der Waals surface area contributed by atoms with Gasteiger partial charge in [-0.25, -0.2) is 14.4 Å². The molecule has 1 aromatic carbocycles. The van der Waals surface area contributed by atoms with Gasteiger partial charge in [-0.05, 0) is 24.6 Å². The van der Waals surface area contributed by atoms with Crippen LogP contribution in [0.2, 0.25) is 0 Å². The van der Waals surface area contributed by atoms with E-state index in [1.807, 2.05) is 0 Å². The van der Waals surface area contributed by atoms with E-state index < -0.39 is 36.0 Å². The molecule has 0 heterocycles. The lowest BCUT2D eigenvalue weighted by molar-refractivity contribution is -0.255. The summed E-state index contributed by atoms with van der Waals surface area (Å²) < 4.78 is 9.14. The molecule has 0 saturated heterocycles. The highest BCUT2D eigenvalue weighted by atomic mass is 16.6. The van der Waals surface area contributed by atoms with E-state index >= 15 is 0 Å². The average Bonchev–Trinajstić information content (AvgIpc) is 2.51. The van der Waals surface area contributed by atoms with E-state index in [9.17, 15) is 24.3 Å². The number of aliphatic hydroxyl groups is 1. The van der Waals surface area contributed by atoms with E-state index in [2.05, 4.69) is 16.1 Å². The largest absolute Gasteiger partial charge is 0.545 e. The van der Waals surface area contributed by atoms with E-state index in [1.165, 1.54) is 6.92 Å². The number of ether oxygens (including phenoxy) is 2. The summed E-state index contributed by atoms with van der Waals surface area (Å²) in [6.45, 7) is 3.82. The van der Waals surface area contributed by atoms with Crippen LogP contribution in [0.1, 0.15) is 38.0 Å². The summed E-state index contributed by atoms with van der Waals surface area (Å²) >= 11 is 0. The summed E-state index contributed by atoms with van der Waals surface area (Å²) in [7, 11) is 0. The van der Waals surface area contributed by atoms with Crippen molar-refractivity contribution >= 4 is 23.9 Å². The lowest BCUT2D eigenvalue weighted by atomic mass is 10.0. The Morgan fingerprint density at radius 3 is 2.35 bits per heavy atom. The van der Waals surface area contributed by atoms with Gasteiger partial charge in [-0.2, -0.15) is 0 Å². The molecule has 0 spiro atoms. The number of benzene rings is 1. The summed E-state index contributed by atoms with van der Waals surface area (Å²) in [5, 5.41) is 19.5. The number of hydrogen-bond acceptors (Lipinski definition) is 8. The number of hydrogen-bond donors (Lipinski definition) is 1. The van der Waals surface area contributed by atoms with Crippen molar-refractivity contribution in [1.29, 1.82) is 0 Å². The Labute approximate surface area is 130 Å². The molecule has 0 aliphatic rings. The first-order valence-corrected chi connectivity index (χ1v) is 6.33. The molecule has 0 aliphatic heterocycles. The normalized spacial score (nSPS) is 9.83. The topological polar surface area (TPSA) is 130 Å². The van der Waals surface area contributed by atoms with Crippen molar-refractivity contribution in [2.45, 2.75) is 6.92 Å². The molecule has 1 N–H and O–H groups in total. The van der Waals surface area contributed by atoms with Gasteiger partial charge in [0.15, 0.2) is 0 Å². The molecule has 0 amide bonds. The van der Waals surface area contributed by atoms with Crippen LogP contribution in [-0.4, -0.2) is 42.2 Å². The zero-order valence-corrected chi connectivity index (χ0v) is 12.2. The van der Waals surface area contributed by atoms with Crippen molar-refractivity contribution in [3.63, 3.8) is 0 Å². The van der Waals surface area contributed by atoms with E-state index in [0.717, 1.165) is 18.2 Å². The third-order valence-electron chi connectivity index (χ3n) is 2.55. The Bertz CT molecular complexity index is 674. The Hall–Kier alpha value is -3.00. The second-order valence-electron chi connectivity index (χ2n) is 4.36. The van der Waals surface area contributed by atoms with Gasteiger partial charge in [0, 0.05) is 5.57 Å². The second kappa shape index (κ2) is 7.85. The molecule has 0 bridgehead atoms. The number of carbonyl (C=O) groups excluding carboxylic acids is 4. The molecule has 0 saturated carbocycles. The van der Waals surface area contributed by atoms with Crippen molar-refractivity contribution in [2.75, 3.05) is 13.2 Å². The number of carbonyl (C=O) groups is 4. The standard InChI is InChI=1S/C15H14O8/c1-8(2)13(19)23-15(21)10-4-3-9(12(17)18)7-11(10)14(20)22-6-5-16/h3-4,7,16H,1,5-6H2,2H3,(H,17,18)/p-1. The van der Waals surface area contributed by atoms with Gasteiger partial charge in [-0.1, -0.05) is 12.6 Å². The van der Waals surface area contributed by atoms with Crippen LogP contribution in [-0.2, 0) is 14.3 Å². The maximum Gasteiger partial charge on any atom is 0.346 e. The molecule has 0 unspecified atom stereocenters. The lowest BCUT2D eigenvalue weighted by Gasteiger charge is -2.11. The van der Waals surface area contributed by atoms with Crippen LogP contribution in [0, 0.1) is 0 Å². The van der Waals surface area contributed by atoms with Crippen LogP contribution in [0.15, 0.2) is 30.4 Å². The molecule has 8 nitrogen and oxygen atoms in total. The average molecular weight is 321 g/mol. The SMILES string of the molecule is C=C(C)C(=O)OC(=O)c1ccc(C(=O)[O-])cc1C(=O)OCCO. The van der Waals surface area contributed by atoms with Gasteiger partial charge >= 0.3 is 17.9 Å². The fourth-order valence-electron chi connectivity index (χ4n) is 1.46. The number of carboxylic acid groups (broad SMARTS) is 1. The molecular formula is C15H13O8-. The molecule has 0 aromatic heterocycles. The third-order valence-corrected chi connectivity index (χ3v) is 2.55. The van der Waals surface area contributed by atoms with Crippen molar-refractivity contribution in [1.82, 2.24) is 0 Å². The number of aromatic carboxylic acids is 1. The molecule has 122 valence electrons. The maximum atomic E-state index is 11.9. The van der Waals surface area contributed by atoms with Gasteiger partial charge in [-0.15, -0.1) is 0 Å². The fraction of sp³-hybridized carbons (Fsp3) is 0.200. The number of rotatable bonds is 6. The molecule has 1 rings (SSSR count). The number of carboxylic acids is 1. The van der Waals surface area contributed by atoms with Gasteiger partial charge < -0.3 is 24.5 Å². The van der Waals surface area contributed by atoms with E-state index in [0.29, 0.717) is 0 Å². The van der Waals surface area contributed by atoms with Gasteiger partial charge in [0.2, 0.25) is 0 Å². The van der Waals surface area contributed by atoms with Crippen molar-refractivity contribution in [3.8, 4) is 0 Å². The smallest absolute Gasteiger partial charge is 0.346 e. The van der Waals surface area contributed by atoms with Gasteiger partial charge in [0.05, 0.1) is 23.7 Å². The van der Waals surface area contributed by atoms with Crippen molar-refractivity contribution in [2.24, 2.45) is 0 Å². The summed E-state index contributed by atoms with van der Waals surface area (Å²) in [5.41, 5.74) is -1.20. The second-order valence-corrected chi connectivity index (χ2v) is 4.36. The lowest BCUT2D eigenvalue weighted by Crippen LogP contribution is -2.24. The first-order chi connectivity index (χ1) is 10.8. The van der Waals surface area contributed by atoms with Gasteiger partial charge in [-0.3, -0.25) is 0 Å². The highest BCUT2D eigenvalue weighted by Crippen LogP contribution is 2.15. The zero-order chi connectivity index (χ0) is 17.6. The number of aliphatic hydroxyl groups excluding tert-OH is 1. The Balaban J connectivity index is 3.21. The van der Waals surface area contributed by atoms with Crippen LogP contribution in [0.3, 0.4) is 0 Å². The summed E-state index contributed by atoms with van der Waals surface area (Å²) in [5.74, 6) is -4.79. The summed E-state index contributed by atoms with van der Waals surface area (Å²) in [6, 6.07) is 2.87. The predicted molar refractivity (Wildman–Crippen MR) is 73.4 cm³/mol. The molecule has 8 heteroatoms. The highest BCUT2D eigenvalue weighted by molar-refractivity contribution is 6.08. The Morgan fingerprint density at radius 2 is 1.83 bits per heavy atom. The summed E-state index contributed by atoms with van der Waals surface area (Å²) in [4.78, 5) is 46.0. The number of esters is 3. The molecule has 0 aliphatic carbocycles. The minimum absolute atomic E-state index is 0.0332. The quantitative estimate of drug-likeness (QED) is 0.420. The Morgan fingerprint density at radius 1 is 1.17 bits per heavy atom. The van der Waals surface area contributed by atoms with Crippen LogP contribution < -0.4 is 5.11 Å². The molecule has 0 radical (unpaired) electrons. The van der Waals surface area contributed by atoms with Crippen LogP contribution >= 0.6 is 0 Å². The van der Waals surface area contributed by atoms with Crippen LogP contribution in [0.5, 0.6) is 0 Å². The zero-order valence-electron chi connectivity index (χ0n) is 12.2.